The fourth-order valence-corrected chi connectivity index (χ4v) is 1.87. The van der Waals surface area contributed by atoms with Crippen molar-refractivity contribution in [1.82, 2.24) is 4.98 Å². The molecule has 96 valence electrons. The van der Waals surface area contributed by atoms with Crippen molar-refractivity contribution in [2.75, 3.05) is 30.8 Å². The van der Waals surface area contributed by atoms with Crippen LogP contribution in [0.15, 0.2) is 6.07 Å². The predicted octanol–water partition coefficient (Wildman–Crippen LogP) is 3.27. The number of anilines is 2. The SMILES string of the molecule is CCOC(C)CNc1nc(NC)c(Cl)cc1Cl. The Hall–Kier alpha value is -0.710. The molecule has 0 aliphatic heterocycles. The Kier molecular flexibility index (Phi) is 5.82. The second-order valence-electron chi connectivity index (χ2n) is 3.55. The summed E-state index contributed by atoms with van der Waals surface area (Å²) in [6.45, 7) is 5.28. The van der Waals surface area contributed by atoms with Crippen LogP contribution < -0.4 is 10.6 Å². The summed E-state index contributed by atoms with van der Waals surface area (Å²) in [5, 5.41) is 7.03. The van der Waals surface area contributed by atoms with Crippen molar-refractivity contribution in [2.24, 2.45) is 0 Å². The average molecular weight is 278 g/mol. The Morgan fingerprint density at radius 1 is 1.35 bits per heavy atom. The molecule has 1 atom stereocenters. The van der Waals surface area contributed by atoms with Gasteiger partial charge in [-0.1, -0.05) is 23.2 Å². The van der Waals surface area contributed by atoms with Gasteiger partial charge in [0.1, 0.15) is 11.6 Å². The minimum atomic E-state index is 0.103. The third-order valence-corrected chi connectivity index (χ3v) is 2.75. The highest BCUT2D eigenvalue weighted by Crippen LogP contribution is 2.28. The van der Waals surface area contributed by atoms with Crippen molar-refractivity contribution in [1.29, 1.82) is 0 Å². The van der Waals surface area contributed by atoms with E-state index in [0.717, 1.165) is 0 Å². The molecule has 0 fully saturated rings. The zero-order chi connectivity index (χ0) is 12.8. The maximum Gasteiger partial charge on any atom is 0.147 e. The highest BCUT2D eigenvalue weighted by molar-refractivity contribution is 6.37. The lowest BCUT2D eigenvalue weighted by Crippen LogP contribution is -2.20. The lowest BCUT2D eigenvalue weighted by molar-refractivity contribution is 0.0855. The highest BCUT2D eigenvalue weighted by Gasteiger charge is 2.09. The topological polar surface area (TPSA) is 46.2 Å². The molecule has 1 aromatic rings. The summed E-state index contributed by atoms with van der Waals surface area (Å²) in [4.78, 5) is 4.28. The third-order valence-electron chi connectivity index (χ3n) is 2.17. The van der Waals surface area contributed by atoms with Gasteiger partial charge in [0.2, 0.25) is 0 Å². The molecular formula is C11H17Cl2N3O. The van der Waals surface area contributed by atoms with E-state index >= 15 is 0 Å². The summed E-state index contributed by atoms with van der Waals surface area (Å²) in [7, 11) is 1.76. The summed E-state index contributed by atoms with van der Waals surface area (Å²) in [5.74, 6) is 1.20. The summed E-state index contributed by atoms with van der Waals surface area (Å²) in [6.07, 6.45) is 0.103. The van der Waals surface area contributed by atoms with Gasteiger partial charge in [0.25, 0.3) is 0 Å². The van der Waals surface area contributed by atoms with Gasteiger partial charge in [-0.3, -0.25) is 0 Å². The number of rotatable bonds is 6. The molecule has 4 nitrogen and oxygen atoms in total. The molecular weight excluding hydrogens is 261 g/mol. The first-order valence-corrected chi connectivity index (χ1v) is 6.23. The van der Waals surface area contributed by atoms with Crippen LogP contribution in [0.25, 0.3) is 0 Å². The second kappa shape index (κ2) is 6.89. The fraction of sp³-hybridized carbons (Fsp3) is 0.545. The second-order valence-corrected chi connectivity index (χ2v) is 4.36. The van der Waals surface area contributed by atoms with Crippen LogP contribution >= 0.6 is 23.2 Å². The van der Waals surface area contributed by atoms with Gasteiger partial charge in [-0.25, -0.2) is 4.98 Å². The highest BCUT2D eigenvalue weighted by atomic mass is 35.5. The standard InChI is InChI=1S/C11H17Cl2N3O/c1-4-17-7(2)6-15-11-9(13)5-8(12)10(14-3)16-11/h5,7H,4,6H2,1-3H3,(H2,14,15,16). The first kappa shape index (κ1) is 14.4. The molecule has 2 N–H and O–H groups in total. The summed E-state index contributed by atoms with van der Waals surface area (Å²) in [6, 6.07) is 1.66. The molecule has 1 rings (SSSR count). The van der Waals surface area contributed by atoms with Crippen LogP contribution in [0, 0.1) is 0 Å². The average Bonchev–Trinajstić information content (AvgIpc) is 2.28. The van der Waals surface area contributed by atoms with Crippen molar-refractivity contribution in [2.45, 2.75) is 20.0 Å². The first-order valence-electron chi connectivity index (χ1n) is 5.47. The first-order chi connectivity index (χ1) is 8.08. The molecule has 0 aliphatic carbocycles. The Morgan fingerprint density at radius 2 is 2.00 bits per heavy atom. The van der Waals surface area contributed by atoms with E-state index in [-0.39, 0.29) is 6.10 Å². The van der Waals surface area contributed by atoms with E-state index in [0.29, 0.717) is 34.8 Å². The zero-order valence-corrected chi connectivity index (χ0v) is 11.7. The largest absolute Gasteiger partial charge is 0.377 e. The Morgan fingerprint density at radius 3 is 2.59 bits per heavy atom. The number of nitrogens with one attached hydrogen (secondary N) is 2. The van der Waals surface area contributed by atoms with Crippen LogP contribution in [-0.4, -0.2) is 31.3 Å². The number of aromatic nitrogens is 1. The van der Waals surface area contributed by atoms with E-state index in [1.54, 1.807) is 13.1 Å². The summed E-state index contributed by atoms with van der Waals surface area (Å²) >= 11 is 12.0. The van der Waals surface area contributed by atoms with Crippen molar-refractivity contribution < 1.29 is 4.74 Å². The molecule has 0 bridgehead atoms. The number of pyridine rings is 1. The van der Waals surface area contributed by atoms with Gasteiger partial charge in [-0.15, -0.1) is 0 Å². The van der Waals surface area contributed by atoms with E-state index in [4.69, 9.17) is 27.9 Å². The lowest BCUT2D eigenvalue weighted by atomic mass is 10.3. The van der Waals surface area contributed by atoms with Crippen LogP contribution in [0.5, 0.6) is 0 Å². The molecule has 0 radical (unpaired) electrons. The van der Waals surface area contributed by atoms with Crippen molar-refractivity contribution in [3.8, 4) is 0 Å². The third kappa shape index (κ3) is 4.22. The Labute approximate surface area is 112 Å². The van der Waals surface area contributed by atoms with E-state index in [1.807, 2.05) is 13.8 Å². The molecule has 17 heavy (non-hydrogen) atoms. The van der Waals surface area contributed by atoms with Gasteiger partial charge in [0.15, 0.2) is 0 Å². The Bertz CT molecular complexity index is 374. The van der Waals surface area contributed by atoms with E-state index in [2.05, 4.69) is 15.6 Å². The zero-order valence-electron chi connectivity index (χ0n) is 10.2. The molecule has 0 spiro atoms. The van der Waals surface area contributed by atoms with E-state index in [1.165, 1.54) is 0 Å². The monoisotopic (exact) mass is 277 g/mol. The van der Waals surface area contributed by atoms with Gasteiger partial charge in [-0.2, -0.15) is 0 Å². The molecule has 0 amide bonds. The molecule has 0 saturated carbocycles. The number of hydrogen-bond donors (Lipinski definition) is 2. The number of halogens is 2. The maximum absolute atomic E-state index is 6.04. The number of hydrogen-bond acceptors (Lipinski definition) is 4. The lowest BCUT2D eigenvalue weighted by Gasteiger charge is -2.15. The Balaban J connectivity index is 2.70. The van der Waals surface area contributed by atoms with Crippen LogP contribution in [0.4, 0.5) is 11.6 Å². The normalized spacial score (nSPS) is 12.3. The molecule has 1 aromatic heterocycles. The predicted molar refractivity (Wildman–Crippen MR) is 73.4 cm³/mol. The maximum atomic E-state index is 6.04. The quantitative estimate of drug-likeness (QED) is 0.838. The molecule has 0 saturated heterocycles. The molecule has 0 aliphatic rings. The van der Waals surface area contributed by atoms with Gasteiger partial charge in [0.05, 0.1) is 16.1 Å². The summed E-state index contributed by atoms with van der Waals surface area (Å²) < 4.78 is 5.41. The van der Waals surface area contributed by atoms with Crippen molar-refractivity contribution in [3.05, 3.63) is 16.1 Å². The van der Waals surface area contributed by atoms with Crippen molar-refractivity contribution in [3.63, 3.8) is 0 Å². The van der Waals surface area contributed by atoms with Crippen LogP contribution in [0.3, 0.4) is 0 Å². The van der Waals surface area contributed by atoms with Gasteiger partial charge < -0.3 is 15.4 Å². The van der Waals surface area contributed by atoms with Crippen molar-refractivity contribution >= 4 is 34.8 Å². The smallest absolute Gasteiger partial charge is 0.147 e. The van der Waals surface area contributed by atoms with Crippen LogP contribution in [0.2, 0.25) is 10.0 Å². The minimum absolute atomic E-state index is 0.103. The molecule has 0 aromatic carbocycles. The molecule has 6 heteroatoms. The fourth-order valence-electron chi connectivity index (χ4n) is 1.35. The van der Waals surface area contributed by atoms with E-state index in [9.17, 15) is 0 Å². The van der Waals surface area contributed by atoms with Gasteiger partial charge in [0, 0.05) is 20.2 Å². The number of ether oxygens (including phenoxy) is 1. The minimum Gasteiger partial charge on any atom is -0.377 e. The molecule has 1 unspecified atom stereocenters. The van der Waals surface area contributed by atoms with E-state index < -0.39 is 0 Å². The summed E-state index contributed by atoms with van der Waals surface area (Å²) in [5.41, 5.74) is 0. The van der Waals surface area contributed by atoms with Gasteiger partial charge in [-0.05, 0) is 19.9 Å². The number of nitrogens with zero attached hydrogens (tertiary/aromatic N) is 1. The van der Waals surface area contributed by atoms with Crippen LogP contribution in [0.1, 0.15) is 13.8 Å². The molecule has 1 heterocycles. The van der Waals surface area contributed by atoms with Gasteiger partial charge >= 0.3 is 0 Å². The van der Waals surface area contributed by atoms with Crippen LogP contribution in [-0.2, 0) is 4.74 Å².